The standard InChI is InChI=1S/C14H21FN2O2/c1-3-17(10-14(18)19-4-2)9-11-5-6-13(15)7-12(11)8-16/h5-7H,3-4,8-10,16H2,1-2H3. The van der Waals surface area contributed by atoms with Gasteiger partial charge < -0.3 is 10.5 Å². The predicted molar refractivity (Wildman–Crippen MR) is 71.9 cm³/mol. The molecule has 106 valence electrons. The number of hydrogen-bond acceptors (Lipinski definition) is 4. The molecule has 1 aromatic rings. The number of nitrogens with zero attached hydrogens (tertiary/aromatic N) is 1. The fourth-order valence-corrected chi connectivity index (χ4v) is 1.85. The highest BCUT2D eigenvalue weighted by atomic mass is 19.1. The SMILES string of the molecule is CCOC(=O)CN(CC)Cc1ccc(F)cc1CN. The third-order valence-electron chi connectivity index (χ3n) is 2.89. The summed E-state index contributed by atoms with van der Waals surface area (Å²) in [6.45, 7) is 5.89. The predicted octanol–water partition coefficient (Wildman–Crippen LogP) is 1.67. The van der Waals surface area contributed by atoms with Crippen molar-refractivity contribution in [1.29, 1.82) is 0 Å². The van der Waals surface area contributed by atoms with E-state index in [2.05, 4.69) is 0 Å². The number of esters is 1. The largest absolute Gasteiger partial charge is 0.465 e. The smallest absolute Gasteiger partial charge is 0.320 e. The van der Waals surface area contributed by atoms with Crippen molar-refractivity contribution in [3.63, 3.8) is 0 Å². The molecule has 1 aromatic carbocycles. The first-order valence-corrected chi connectivity index (χ1v) is 6.46. The normalized spacial score (nSPS) is 10.8. The van der Waals surface area contributed by atoms with Crippen LogP contribution in [0.3, 0.4) is 0 Å². The van der Waals surface area contributed by atoms with Gasteiger partial charge in [0.1, 0.15) is 5.82 Å². The van der Waals surface area contributed by atoms with Gasteiger partial charge in [-0.2, -0.15) is 0 Å². The van der Waals surface area contributed by atoms with Gasteiger partial charge in [-0.25, -0.2) is 4.39 Å². The molecule has 1 rings (SSSR count). The van der Waals surface area contributed by atoms with Gasteiger partial charge in [0.25, 0.3) is 0 Å². The lowest BCUT2D eigenvalue weighted by atomic mass is 10.1. The molecule has 0 fully saturated rings. The van der Waals surface area contributed by atoms with E-state index < -0.39 is 0 Å². The van der Waals surface area contributed by atoms with Crippen molar-refractivity contribution < 1.29 is 13.9 Å². The molecule has 4 nitrogen and oxygen atoms in total. The summed E-state index contributed by atoms with van der Waals surface area (Å²) in [7, 11) is 0. The van der Waals surface area contributed by atoms with Gasteiger partial charge in [-0.05, 0) is 36.7 Å². The fourth-order valence-electron chi connectivity index (χ4n) is 1.85. The number of hydrogen-bond donors (Lipinski definition) is 1. The Hall–Kier alpha value is -1.46. The molecule has 19 heavy (non-hydrogen) atoms. The van der Waals surface area contributed by atoms with Crippen LogP contribution in [0.5, 0.6) is 0 Å². The number of carbonyl (C=O) groups is 1. The lowest BCUT2D eigenvalue weighted by Crippen LogP contribution is -2.31. The van der Waals surface area contributed by atoms with Crippen LogP contribution in [0.2, 0.25) is 0 Å². The van der Waals surface area contributed by atoms with Crippen LogP contribution in [0.4, 0.5) is 4.39 Å². The van der Waals surface area contributed by atoms with E-state index in [1.165, 1.54) is 12.1 Å². The Bertz CT molecular complexity index is 424. The van der Waals surface area contributed by atoms with Gasteiger partial charge in [-0.15, -0.1) is 0 Å². The van der Waals surface area contributed by atoms with E-state index in [0.29, 0.717) is 19.7 Å². The maximum Gasteiger partial charge on any atom is 0.320 e. The molecule has 0 aliphatic rings. The topological polar surface area (TPSA) is 55.6 Å². The summed E-state index contributed by atoms with van der Waals surface area (Å²) >= 11 is 0. The van der Waals surface area contributed by atoms with E-state index in [-0.39, 0.29) is 24.9 Å². The van der Waals surface area contributed by atoms with Gasteiger partial charge in [0.2, 0.25) is 0 Å². The van der Waals surface area contributed by atoms with E-state index in [1.807, 2.05) is 11.8 Å². The van der Waals surface area contributed by atoms with Crippen molar-refractivity contribution >= 4 is 5.97 Å². The first-order valence-electron chi connectivity index (χ1n) is 6.46. The Morgan fingerprint density at radius 1 is 1.37 bits per heavy atom. The molecule has 0 heterocycles. The molecule has 5 heteroatoms. The van der Waals surface area contributed by atoms with Gasteiger partial charge in [0, 0.05) is 13.1 Å². The quantitative estimate of drug-likeness (QED) is 0.764. The first-order chi connectivity index (χ1) is 9.10. The average molecular weight is 268 g/mol. The molecule has 0 spiro atoms. The van der Waals surface area contributed by atoms with Crippen molar-refractivity contribution in [3.8, 4) is 0 Å². The molecule has 0 aliphatic carbocycles. The third kappa shape index (κ3) is 4.96. The zero-order valence-corrected chi connectivity index (χ0v) is 11.5. The third-order valence-corrected chi connectivity index (χ3v) is 2.89. The molecule has 0 amide bonds. The van der Waals surface area contributed by atoms with Gasteiger partial charge in [-0.3, -0.25) is 9.69 Å². The molecule has 0 aromatic heterocycles. The second-order valence-electron chi connectivity index (χ2n) is 4.23. The molecule has 0 radical (unpaired) electrons. The second-order valence-corrected chi connectivity index (χ2v) is 4.23. The lowest BCUT2D eigenvalue weighted by molar-refractivity contribution is -0.144. The minimum Gasteiger partial charge on any atom is -0.465 e. The number of carbonyl (C=O) groups excluding carboxylic acids is 1. The Labute approximate surface area is 113 Å². The number of rotatable bonds is 7. The van der Waals surface area contributed by atoms with Crippen LogP contribution in [0.25, 0.3) is 0 Å². The van der Waals surface area contributed by atoms with Crippen molar-refractivity contribution in [2.75, 3.05) is 19.7 Å². The fraction of sp³-hybridized carbons (Fsp3) is 0.500. The van der Waals surface area contributed by atoms with Crippen LogP contribution in [-0.4, -0.2) is 30.6 Å². The van der Waals surface area contributed by atoms with E-state index in [4.69, 9.17) is 10.5 Å². The highest BCUT2D eigenvalue weighted by Crippen LogP contribution is 2.13. The Morgan fingerprint density at radius 2 is 2.11 bits per heavy atom. The monoisotopic (exact) mass is 268 g/mol. The molecular weight excluding hydrogens is 247 g/mol. The Kier molecular flexibility index (Phi) is 6.45. The van der Waals surface area contributed by atoms with Gasteiger partial charge >= 0.3 is 5.97 Å². The molecule has 0 bridgehead atoms. The summed E-state index contributed by atoms with van der Waals surface area (Å²) < 4.78 is 18.0. The van der Waals surface area contributed by atoms with Crippen LogP contribution >= 0.6 is 0 Å². The van der Waals surface area contributed by atoms with Gasteiger partial charge in [0.05, 0.1) is 13.2 Å². The van der Waals surface area contributed by atoms with Crippen LogP contribution in [0.1, 0.15) is 25.0 Å². The molecule has 0 atom stereocenters. The van der Waals surface area contributed by atoms with E-state index in [0.717, 1.165) is 11.1 Å². The van der Waals surface area contributed by atoms with E-state index >= 15 is 0 Å². The van der Waals surface area contributed by atoms with Crippen molar-refractivity contribution in [1.82, 2.24) is 4.90 Å². The second kappa shape index (κ2) is 7.86. The molecular formula is C14H21FN2O2. The van der Waals surface area contributed by atoms with Gasteiger partial charge in [-0.1, -0.05) is 13.0 Å². The van der Waals surface area contributed by atoms with Crippen LogP contribution < -0.4 is 5.73 Å². The molecule has 2 N–H and O–H groups in total. The van der Waals surface area contributed by atoms with E-state index in [9.17, 15) is 9.18 Å². The molecule has 0 saturated carbocycles. The highest BCUT2D eigenvalue weighted by Gasteiger charge is 2.12. The van der Waals surface area contributed by atoms with Crippen molar-refractivity contribution in [3.05, 3.63) is 35.1 Å². The number of ether oxygens (including phenoxy) is 1. The highest BCUT2D eigenvalue weighted by molar-refractivity contribution is 5.71. The maximum atomic E-state index is 13.1. The minimum absolute atomic E-state index is 0.228. The van der Waals surface area contributed by atoms with Crippen molar-refractivity contribution in [2.24, 2.45) is 5.73 Å². The maximum absolute atomic E-state index is 13.1. The Morgan fingerprint density at radius 3 is 2.68 bits per heavy atom. The number of nitrogens with two attached hydrogens (primary N) is 1. The average Bonchev–Trinajstić information content (AvgIpc) is 2.40. The summed E-state index contributed by atoms with van der Waals surface area (Å²) in [5, 5.41) is 0. The molecule has 0 aliphatic heterocycles. The van der Waals surface area contributed by atoms with Crippen LogP contribution in [-0.2, 0) is 22.6 Å². The number of benzene rings is 1. The summed E-state index contributed by atoms with van der Waals surface area (Å²) in [6, 6.07) is 4.56. The number of halogens is 1. The Balaban J connectivity index is 2.72. The summed E-state index contributed by atoms with van der Waals surface area (Å²) in [6.07, 6.45) is 0. The zero-order chi connectivity index (χ0) is 14.3. The van der Waals surface area contributed by atoms with E-state index in [1.54, 1.807) is 13.0 Å². The zero-order valence-electron chi connectivity index (χ0n) is 11.5. The minimum atomic E-state index is -0.294. The lowest BCUT2D eigenvalue weighted by Gasteiger charge is -2.20. The number of likely N-dealkylation sites (N-methyl/N-ethyl adjacent to an activating group) is 1. The van der Waals surface area contributed by atoms with Crippen LogP contribution in [0.15, 0.2) is 18.2 Å². The molecule has 0 saturated heterocycles. The van der Waals surface area contributed by atoms with Crippen LogP contribution in [0, 0.1) is 5.82 Å². The summed E-state index contributed by atoms with van der Waals surface area (Å²) in [5.74, 6) is -0.543. The van der Waals surface area contributed by atoms with Crippen molar-refractivity contribution in [2.45, 2.75) is 26.9 Å². The molecule has 0 unspecified atom stereocenters. The van der Waals surface area contributed by atoms with Gasteiger partial charge in [0.15, 0.2) is 0 Å². The first kappa shape index (κ1) is 15.6. The summed E-state index contributed by atoms with van der Waals surface area (Å²) in [5.41, 5.74) is 7.31. The summed E-state index contributed by atoms with van der Waals surface area (Å²) in [4.78, 5) is 13.4.